The minimum atomic E-state index is 0.609. The number of aromatic nitrogens is 3. The Morgan fingerprint density at radius 3 is 2.83 bits per heavy atom. The third kappa shape index (κ3) is 3.70. The van der Waals surface area contributed by atoms with Crippen LogP contribution in [0.4, 0.5) is 0 Å². The molecule has 24 heavy (non-hydrogen) atoms. The maximum atomic E-state index is 5.24. The first-order chi connectivity index (χ1) is 11.8. The zero-order valence-corrected chi connectivity index (χ0v) is 14.5. The minimum Gasteiger partial charge on any atom is -0.361 e. The number of likely N-dealkylation sites (tertiary alicyclic amines) is 1. The summed E-state index contributed by atoms with van der Waals surface area (Å²) in [5.74, 6) is 1.49. The van der Waals surface area contributed by atoms with E-state index in [-0.39, 0.29) is 0 Å². The van der Waals surface area contributed by atoms with Crippen molar-refractivity contribution in [3.05, 3.63) is 35.5 Å². The molecular formula is C18H27N5O. The smallest absolute Gasteiger partial charge is 0.133 e. The van der Waals surface area contributed by atoms with Gasteiger partial charge in [0.05, 0.1) is 11.4 Å². The van der Waals surface area contributed by atoms with E-state index in [4.69, 9.17) is 4.52 Å². The van der Waals surface area contributed by atoms with Gasteiger partial charge in [-0.3, -0.25) is 9.58 Å². The number of hydrogen-bond acceptors (Lipinski definition) is 5. The van der Waals surface area contributed by atoms with Gasteiger partial charge >= 0.3 is 0 Å². The third-order valence-electron chi connectivity index (χ3n) is 5.17. The van der Waals surface area contributed by atoms with E-state index in [1.165, 1.54) is 44.6 Å². The first-order valence-corrected chi connectivity index (χ1v) is 9.14. The lowest BCUT2D eigenvalue weighted by molar-refractivity contribution is 0.149. The van der Waals surface area contributed by atoms with Crippen molar-refractivity contribution in [2.45, 2.75) is 45.8 Å². The normalized spacial score (nSPS) is 23.1. The molecule has 0 aromatic carbocycles. The van der Waals surface area contributed by atoms with Crippen molar-refractivity contribution in [1.29, 1.82) is 0 Å². The van der Waals surface area contributed by atoms with Crippen molar-refractivity contribution >= 4 is 0 Å². The van der Waals surface area contributed by atoms with Gasteiger partial charge in [0.1, 0.15) is 5.76 Å². The largest absolute Gasteiger partial charge is 0.361 e. The van der Waals surface area contributed by atoms with Crippen molar-refractivity contribution in [2.75, 3.05) is 26.2 Å². The van der Waals surface area contributed by atoms with Crippen LogP contribution in [-0.4, -0.2) is 50.9 Å². The zero-order chi connectivity index (χ0) is 16.4. The molecule has 130 valence electrons. The van der Waals surface area contributed by atoms with Gasteiger partial charge < -0.3 is 9.42 Å². The summed E-state index contributed by atoms with van der Waals surface area (Å²) in [5, 5.41) is 8.72. The molecule has 1 fully saturated rings. The topological polar surface area (TPSA) is 50.3 Å². The molecule has 4 rings (SSSR count). The van der Waals surface area contributed by atoms with Crippen LogP contribution in [0.1, 0.15) is 36.4 Å². The highest BCUT2D eigenvalue weighted by Crippen LogP contribution is 2.20. The molecule has 2 aliphatic rings. The van der Waals surface area contributed by atoms with Crippen LogP contribution in [0.25, 0.3) is 0 Å². The van der Waals surface area contributed by atoms with E-state index >= 15 is 0 Å². The predicted molar refractivity (Wildman–Crippen MR) is 91.4 cm³/mol. The highest BCUT2D eigenvalue weighted by atomic mass is 16.5. The van der Waals surface area contributed by atoms with Crippen LogP contribution in [0.5, 0.6) is 0 Å². The van der Waals surface area contributed by atoms with Gasteiger partial charge in [-0.05, 0) is 38.9 Å². The van der Waals surface area contributed by atoms with Gasteiger partial charge in [0.15, 0.2) is 0 Å². The van der Waals surface area contributed by atoms with E-state index in [2.05, 4.69) is 30.8 Å². The molecule has 1 atom stereocenters. The zero-order valence-electron chi connectivity index (χ0n) is 14.5. The van der Waals surface area contributed by atoms with Gasteiger partial charge in [0.25, 0.3) is 0 Å². The molecule has 0 radical (unpaired) electrons. The summed E-state index contributed by atoms with van der Waals surface area (Å²) >= 11 is 0. The van der Waals surface area contributed by atoms with E-state index in [1.807, 2.05) is 19.2 Å². The summed E-state index contributed by atoms with van der Waals surface area (Å²) in [6.45, 7) is 9.52. The number of nitrogens with zero attached hydrogens (tertiary/aromatic N) is 5. The number of fused-ring (bicyclic) bond motifs is 1. The summed E-state index contributed by atoms with van der Waals surface area (Å²) in [6.07, 6.45) is 6.02. The molecule has 0 aliphatic carbocycles. The van der Waals surface area contributed by atoms with E-state index in [9.17, 15) is 0 Å². The van der Waals surface area contributed by atoms with Crippen LogP contribution in [0.3, 0.4) is 0 Å². The number of rotatable bonds is 4. The first kappa shape index (κ1) is 15.8. The minimum absolute atomic E-state index is 0.609. The summed E-state index contributed by atoms with van der Waals surface area (Å²) in [7, 11) is 0. The molecule has 4 heterocycles. The van der Waals surface area contributed by atoms with Gasteiger partial charge in [0, 0.05) is 50.9 Å². The molecule has 2 aromatic rings. The Hall–Kier alpha value is -1.66. The van der Waals surface area contributed by atoms with Gasteiger partial charge in [-0.2, -0.15) is 5.10 Å². The fourth-order valence-corrected chi connectivity index (χ4v) is 4.08. The fraction of sp³-hybridized carbons (Fsp3) is 0.667. The van der Waals surface area contributed by atoms with Crippen molar-refractivity contribution in [1.82, 2.24) is 24.7 Å². The summed E-state index contributed by atoms with van der Waals surface area (Å²) < 4.78 is 7.43. The average molecular weight is 329 g/mol. The highest BCUT2D eigenvalue weighted by molar-refractivity contribution is 5.06. The van der Waals surface area contributed by atoms with Crippen LogP contribution in [0, 0.1) is 12.8 Å². The molecule has 0 N–H and O–H groups in total. The van der Waals surface area contributed by atoms with E-state index < -0.39 is 0 Å². The van der Waals surface area contributed by atoms with Crippen LogP contribution in [0.15, 0.2) is 22.9 Å². The fourth-order valence-electron chi connectivity index (χ4n) is 4.08. The molecule has 6 nitrogen and oxygen atoms in total. The van der Waals surface area contributed by atoms with E-state index in [0.717, 1.165) is 37.6 Å². The van der Waals surface area contributed by atoms with Crippen LogP contribution >= 0.6 is 0 Å². The van der Waals surface area contributed by atoms with Crippen LogP contribution in [-0.2, 0) is 19.6 Å². The highest BCUT2D eigenvalue weighted by Gasteiger charge is 2.25. The van der Waals surface area contributed by atoms with Gasteiger partial charge in [-0.1, -0.05) is 11.6 Å². The average Bonchev–Trinajstić information content (AvgIpc) is 3.14. The van der Waals surface area contributed by atoms with Gasteiger partial charge in [-0.25, -0.2) is 0 Å². The van der Waals surface area contributed by atoms with Gasteiger partial charge in [0.2, 0.25) is 0 Å². The van der Waals surface area contributed by atoms with Crippen LogP contribution in [0.2, 0.25) is 0 Å². The maximum absolute atomic E-state index is 5.24. The first-order valence-electron chi connectivity index (χ1n) is 9.14. The Kier molecular flexibility index (Phi) is 4.67. The van der Waals surface area contributed by atoms with Gasteiger partial charge in [-0.15, -0.1) is 0 Å². The SMILES string of the molecule is Cc1cc(CN2Cc3ccnn3C[C@@H](CN3CCCCC3)C2)no1. The predicted octanol–water partition coefficient (Wildman–Crippen LogP) is 2.30. The monoisotopic (exact) mass is 329 g/mol. The number of piperidine rings is 1. The molecule has 1 saturated heterocycles. The quantitative estimate of drug-likeness (QED) is 0.861. The Labute approximate surface area is 143 Å². The molecule has 2 aromatic heterocycles. The van der Waals surface area contributed by atoms with Crippen molar-refractivity contribution in [3.8, 4) is 0 Å². The molecule has 2 aliphatic heterocycles. The second-order valence-corrected chi connectivity index (χ2v) is 7.33. The summed E-state index contributed by atoms with van der Waals surface area (Å²) in [6, 6.07) is 4.19. The lowest BCUT2D eigenvalue weighted by atomic mass is 10.1. The third-order valence-corrected chi connectivity index (χ3v) is 5.17. The van der Waals surface area contributed by atoms with Crippen molar-refractivity contribution < 1.29 is 4.52 Å². The number of hydrogen-bond donors (Lipinski definition) is 0. The lowest BCUT2D eigenvalue weighted by Gasteiger charge is -2.31. The van der Waals surface area contributed by atoms with Crippen molar-refractivity contribution in [2.24, 2.45) is 5.92 Å². The lowest BCUT2D eigenvalue weighted by Crippen LogP contribution is -2.39. The number of aryl methyl sites for hydroxylation is 1. The summed E-state index contributed by atoms with van der Waals surface area (Å²) in [5.41, 5.74) is 2.33. The maximum Gasteiger partial charge on any atom is 0.133 e. The Morgan fingerprint density at radius 1 is 1.17 bits per heavy atom. The van der Waals surface area contributed by atoms with E-state index in [0.29, 0.717) is 5.92 Å². The Morgan fingerprint density at radius 2 is 2.04 bits per heavy atom. The molecule has 0 amide bonds. The molecule has 0 saturated carbocycles. The second kappa shape index (κ2) is 7.07. The standard InChI is InChI=1S/C18H27N5O/c1-15-9-17(20-24-15)13-22-11-16(10-21-7-3-2-4-8-21)12-23-18(14-22)5-6-19-23/h5-6,9,16H,2-4,7-8,10-14H2,1H3/t16-/m0/s1. The van der Waals surface area contributed by atoms with Crippen LogP contribution < -0.4 is 0 Å². The Balaban J connectivity index is 1.47. The van der Waals surface area contributed by atoms with E-state index in [1.54, 1.807) is 0 Å². The second-order valence-electron chi connectivity index (χ2n) is 7.33. The molecule has 0 spiro atoms. The Bertz CT molecular complexity index is 658. The van der Waals surface area contributed by atoms with Crippen molar-refractivity contribution in [3.63, 3.8) is 0 Å². The molecule has 0 unspecified atom stereocenters. The molecule has 0 bridgehead atoms. The molecule has 6 heteroatoms. The summed E-state index contributed by atoms with van der Waals surface area (Å²) in [4.78, 5) is 5.13. The molecular weight excluding hydrogens is 302 g/mol.